The zero-order valence-corrected chi connectivity index (χ0v) is 20.8. The van der Waals surface area contributed by atoms with Crippen LogP contribution >= 0.6 is 11.6 Å². The third-order valence-electron chi connectivity index (χ3n) is 6.82. The van der Waals surface area contributed by atoms with Gasteiger partial charge in [0.15, 0.2) is 0 Å². The zero-order valence-electron chi connectivity index (χ0n) is 20.1. The molecule has 7 heteroatoms. The van der Waals surface area contributed by atoms with Crippen molar-refractivity contribution in [2.75, 3.05) is 32.9 Å². The summed E-state index contributed by atoms with van der Waals surface area (Å²) in [5.41, 5.74) is 5.19. The maximum Gasteiger partial charge on any atom is 0.150 e. The lowest BCUT2D eigenvalue weighted by Crippen LogP contribution is -2.49. The van der Waals surface area contributed by atoms with Crippen molar-refractivity contribution < 1.29 is 19.0 Å². The predicted octanol–water partition coefficient (Wildman–Crippen LogP) is 6.72. The van der Waals surface area contributed by atoms with Crippen molar-refractivity contribution in [3.8, 4) is 17.2 Å². The summed E-state index contributed by atoms with van der Waals surface area (Å²) in [7, 11) is 0. The molecule has 5 nitrogen and oxygen atoms in total. The highest BCUT2D eigenvalue weighted by Crippen LogP contribution is 2.50. The number of phenols is 1. The summed E-state index contributed by atoms with van der Waals surface area (Å²) in [5, 5.41) is 10.6. The van der Waals surface area contributed by atoms with Gasteiger partial charge in [0, 0.05) is 48.3 Å². The first-order chi connectivity index (χ1) is 17.5. The largest absolute Gasteiger partial charge is 0.508 e. The second kappa shape index (κ2) is 10.3. The van der Waals surface area contributed by atoms with Crippen LogP contribution in [-0.2, 0) is 0 Å². The number of halogens is 2. The van der Waals surface area contributed by atoms with E-state index in [9.17, 15) is 9.50 Å². The van der Waals surface area contributed by atoms with Crippen LogP contribution in [0.15, 0.2) is 65.7 Å². The number of nitrogens with zero attached hydrogens (tertiary/aromatic N) is 2. The van der Waals surface area contributed by atoms with Gasteiger partial charge in [-0.1, -0.05) is 35.9 Å². The van der Waals surface area contributed by atoms with Gasteiger partial charge in [-0.2, -0.15) is 0 Å². The molecule has 0 bridgehead atoms. The molecular formula is C29H28ClFN2O3. The van der Waals surface area contributed by atoms with Crippen molar-refractivity contribution in [1.29, 1.82) is 0 Å². The lowest BCUT2D eigenvalue weighted by atomic mass is 9.85. The summed E-state index contributed by atoms with van der Waals surface area (Å²) < 4.78 is 25.1. The number of para-hydroxylation sites is 1. The van der Waals surface area contributed by atoms with Crippen molar-refractivity contribution in [1.82, 2.24) is 4.90 Å². The van der Waals surface area contributed by atoms with Crippen LogP contribution in [0.1, 0.15) is 29.7 Å². The number of aliphatic imine (C=N–C) groups is 1. The molecule has 2 aliphatic heterocycles. The SMILES string of the molecule is C=Nc1cc(O)ccc1C1=C(C)c2cccc(Cl)c2OC1c1ccc(OCCN2CC(CF)C2)cc1. The van der Waals surface area contributed by atoms with Crippen LogP contribution in [0, 0.1) is 5.92 Å². The highest BCUT2D eigenvalue weighted by Gasteiger charge is 2.32. The third-order valence-corrected chi connectivity index (χ3v) is 7.12. The number of benzene rings is 3. The van der Waals surface area contributed by atoms with Gasteiger partial charge in [0.05, 0.1) is 17.4 Å². The standard InChI is InChI=1S/C29H28ClFN2O3/c1-18-23-4-3-5-25(30)29(23)36-28(27(18)24-11-8-21(34)14-26(24)32-2)20-6-9-22(10-7-20)35-13-12-33-16-19(15-31)17-33/h3-11,14,19,28,34H,2,12-13,15-17H2,1H3. The van der Waals surface area contributed by atoms with Crippen LogP contribution in [0.5, 0.6) is 17.2 Å². The zero-order chi connectivity index (χ0) is 25.2. The van der Waals surface area contributed by atoms with Gasteiger partial charge in [-0.05, 0) is 55.1 Å². The van der Waals surface area contributed by atoms with Crippen LogP contribution in [0.3, 0.4) is 0 Å². The fourth-order valence-corrected chi connectivity index (χ4v) is 5.11. The lowest BCUT2D eigenvalue weighted by Gasteiger charge is -2.37. The topological polar surface area (TPSA) is 54.3 Å². The molecule has 5 rings (SSSR count). The fourth-order valence-electron chi connectivity index (χ4n) is 4.89. The predicted molar refractivity (Wildman–Crippen MR) is 142 cm³/mol. The maximum absolute atomic E-state index is 12.6. The molecule has 1 fully saturated rings. The van der Waals surface area contributed by atoms with Gasteiger partial charge in [-0.25, -0.2) is 0 Å². The summed E-state index contributed by atoms with van der Waals surface area (Å²) in [4.78, 5) is 6.35. The first-order valence-corrected chi connectivity index (χ1v) is 12.3. The van der Waals surface area contributed by atoms with Crippen LogP contribution in [0.25, 0.3) is 11.1 Å². The Morgan fingerprint density at radius 1 is 1.14 bits per heavy atom. The van der Waals surface area contributed by atoms with E-state index >= 15 is 0 Å². The quantitative estimate of drug-likeness (QED) is 0.344. The van der Waals surface area contributed by atoms with Gasteiger partial charge >= 0.3 is 0 Å². The summed E-state index contributed by atoms with van der Waals surface area (Å²) in [6, 6.07) is 18.6. The maximum atomic E-state index is 12.6. The first kappa shape index (κ1) is 24.3. The van der Waals surface area contributed by atoms with Crippen LogP contribution in [0.2, 0.25) is 5.02 Å². The molecule has 0 radical (unpaired) electrons. The highest BCUT2D eigenvalue weighted by atomic mass is 35.5. The normalized spacial score (nSPS) is 17.8. The van der Waals surface area contributed by atoms with Gasteiger partial charge < -0.3 is 14.6 Å². The van der Waals surface area contributed by atoms with E-state index in [1.807, 2.05) is 55.5 Å². The molecule has 2 heterocycles. The molecular weight excluding hydrogens is 479 g/mol. The van der Waals surface area contributed by atoms with Crippen LogP contribution in [-0.4, -0.2) is 49.6 Å². The molecule has 0 amide bonds. The van der Waals surface area contributed by atoms with E-state index in [0.29, 0.717) is 23.1 Å². The van der Waals surface area contributed by atoms with E-state index in [1.54, 1.807) is 12.1 Å². The Kier molecular flexibility index (Phi) is 6.99. The molecule has 0 saturated carbocycles. The molecule has 1 atom stereocenters. The van der Waals surface area contributed by atoms with E-state index < -0.39 is 6.10 Å². The molecule has 1 N–H and O–H groups in total. The first-order valence-electron chi connectivity index (χ1n) is 12.0. The Morgan fingerprint density at radius 2 is 1.92 bits per heavy atom. The summed E-state index contributed by atoms with van der Waals surface area (Å²) in [6.07, 6.45) is -0.449. The highest BCUT2D eigenvalue weighted by molar-refractivity contribution is 6.32. The molecule has 186 valence electrons. The van der Waals surface area contributed by atoms with Crippen molar-refractivity contribution in [3.05, 3.63) is 82.4 Å². The van der Waals surface area contributed by atoms with E-state index in [-0.39, 0.29) is 18.3 Å². The molecule has 0 spiro atoms. The van der Waals surface area contributed by atoms with E-state index in [1.165, 1.54) is 0 Å². The molecule has 0 aliphatic carbocycles. The average Bonchev–Trinajstić information content (AvgIpc) is 2.86. The molecule has 1 unspecified atom stereocenters. The summed E-state index contributed by atoms with van der Waals surface area (Å²) in [6.45, 7) is 8.42. The lowest BCUT2D eigenvalue weighted by molar-refractivity contribution is 0.0668. The fraction of sp³-hybridized carbons (Fsp3) is 0.276. The Hall–Kier alpha value is -3.35. The number of rotatable bonds is 8. The van der Waals surface area contributed by atoms with Gasteiger partial charge in [-0.15, -0.1) is 0 Å². The number of hydrogen-bond donors (Lipinski definition) is 1. The van der Waals surface area contributed by atoms with Crippen molar-refractivity contribution in [2.45, 2.75) is 13.0 Å². The second-order valence-electron chi connectivity index (χ2n) is 9.21. The Labute approximate surface area is 215 Å². The summed E-state index contributed by atoms with van der Waals surface area (Å²) in [5.74, 6) is 1.69. The second-order valence-corrected chi connectivity index (χ2v) is 9.62. The molecule has 0 aromatic heterocycles. The third kappa shape index (κ3) is 4.71. The van der Waals surface area contributed by atoms with E-state index in [4.69, 9.17) is 21.1 Å². The number of ether oxygens (including phenoxy) is 2. The average molecular weight is 507 g/mol. The van der Waals surface area contributed by atoms with Gasteiger partial charge in [-0.3, -0.25) is 14.3 Å². The van der Waals surface area contributed by atoms with E-state index in [0.717, 1.165) is 53.2 Å². The van der Waals surface area contributed by atoms with Crippen molar-refractivity contribution >= 4 is 35.2 Å². The molecule has 1 saturated heterocycles. The number of allylic oxidation sites excluding steroid dienone is 1. The number of phenolic OH excluding ortho intramolecular Hbond substituents is 1. The minimum Gasteiger partial charge on any atom is -0.508 e. The minimum absolute atomic E-state index is 0.121. The number of hydrogen-bond acceptors (Lipinski definition) is 5. The van der Waals surface area contributed by atoms with Gasteiger partial charge in [0.2, 0.25) is 0 Å². The number of likely N-dealkylation sites (tertiary alicyclic amines) is 1. The van der Waals surface area contributed by atoms with Gasteiger partial charge in [0.1, 0.15) is 30.0 Å². The Balaban J connectivity index is 1.43. The monoisotopic (exact) mass is 506 g/mol. The molecule has 2 aliphatic rings. The minimum atomic E-state index is -0.449. The number of aromatic hydroxyl groups is 1. The van der Waals surface area contributed by atoms with Crippen LogP contribution in [0.4, 0.5) is 10.1 Å². The van der Waals surface area contributed by atoms with Crippen LogP contribution < -0.4 is 9.47 Å². The molecule has 36 heavy (non-hydrogen) atoms. The van der Waals surface area contributed by atoms with E-state index in [2.05, 4.69) is 16.6 Å². The summed E-state index contributed by atoms with van der Waals surface area (Å²) >= 11 is 6.52. The van der Waals surface area contributed by atoms with Gasteiger partial charge in [0.25, 0.3) is 0 Å². The Morgan fingerprint density at radius 3 is 2.64 bits per heavy atom. The number of alkyl halides is 1. The van der Waals surface area contributed by atoms with Crippen molar-refractivity contribution in [3.63, 3.8) is 0 Å². The number of fused-ring (bicyclic) bond motifs is 1. The van der Waals surface area contributed by atoms with Crippen molar-refractivity contribution in [2.24, 2.45) is 10.9 Å². The smallest absolute Gasteiger partial charge is 0.150 e. The molecule has 3 aromatic rings. The molecule has 3 aromatic carbocycles. The Bertz CT molecular complexity index is 1300.